The summed E-state index contributed by atoms with van der Waals surface area (Å²) in [5.41, 5.74) is 0. The van der Waals surface area contributed by atoms with Gasteiger partial charge >= 0.3 is 0 Å². The monoisotopic (exact) mass is 201 g/mol. The van der Waals surface area contributed by atoms with Gasteiger partial charge < -0.3 is 0 Å². The van der Waals surface area contributed by atoms with E-state index >= 15 is 0 Å². The molecule has 1 rings (SSSR count). The van der Waals surface area contributed by atoms with Gasteiger partial charge in [0.15, 0.2) is 5.82 Å². The molecule has 1 aromatic heterocycles. The molecule has 5 heteroatoms. The van der Waals surface area contributed by atoms with Gasteiger partial charge in [-0.2, -0.15) is 9.46 Å². The first-order chi connectivity index (χ1) is 6.09. The van der Waals surface area contributed by atoms with E-state index in [0.717, 1.165) is 6.54 Å². The van der Waals surface area contributed by atoms with Gasteiger partial charge in [0.1, 0.15) is 0 Å². The maximum Gasteiger partial charge on any atom is 0.160 e. The Morgan fingerprint density at radius 3 is 2.85 bits per heavy atom. The van der Waals surface area contributed by atoms with Gasteiger partial charge in [-0.15, -0.1) is 0 Å². The van der Waals surface area contributed by atoms with Crippen LogP contribution >= 0.6 is 0 Å². The Kier molecular flexibility index (Phi) is 3.08. The zero-order valence-electron chi connectivity index (χ0n) is 8.23. The Morgan fingerprint density at radius 2 is 2.31 bits per heavy atom. The maximum atomic E-state index is 11.7. The molecule has 1 aromatic rings. The molecule has 0 aliphatic heterocycles. The summed E-state index contributed by atoms with van der Waals surface area (Å²) >= 11 is 0. The topological polar surface area (TPSA) is 47.2 Å². The third kappa shape index (κ3) is 2.55. The van der Waals surface area contributed by atoms with Crippen molar-refractivity contribution >= 4 is 15.5 Å². The molecule has 1 atom stereocenters. The summed E-state index contributed by atoms with van der Waals surface area (Å²) < 4.78 is 17.6. The highest BCUT2D eigenvalue weighted by Gasteiger charge is 2.02. The summed E-state index contributed by atoms with van der Waals surface area (Å²) in [6.45, 7) is 4.61. The Balaban J connectivity index is 3.10. The highest BCUT2D eigenvalue weighted by atomic mass is 32.2. The van der Waals surface area contributed by atoms with E-state index in [-0.39, 0.29) is 0 Å². The second-order valence-electron chi connectivity index (χ2n) is 2.84. The van der Waals surface area contributed by atoms with E-state index in [0.29, 0.717) is 11.6 Å². The van der Waals surface area contributed by atoms with E-state index in [1.54, 1.807) is 23.2 Å². The summed E-state index contributed by atoms with van der Waals surface area (Å²) in [5, 5.41) is 4.05. The van der Waals surface area contributed by atoms with Gasteiger partial charge in [0.2, 0.25) is 0 Å². The first kappa shape index (κ1) is 10.2. The highest BCUT2D eigenvalue weighted by molar-refractivity contribution is 7.93. The van der Waals surface area contributed by atoms with Crippen molar-refractivity contribution < 1.29 is 4.21 Å². The van der Waals surface area contributed by atoms with Crippen LogP contribution in [0.25, 0.3) is 0 Å². The number of aromatic nitrogens is 2. The van der Waals surface area contributed by atoms with E-state index in [2.05, 4.69) is 9.46 Å². The molecule has 0 aliphatic carbocycles. The molecule has 0 aliphatic rings. The van der Waals surface area contributed by atoms with Gasteiger partial charge in [0, 0.05) is 24.6 Å². The molecule has 0 saturated heterocycles. The van der Waals surface area contributed by atoms with Gasteiger partial charge in [-0.25, -0.2) is 8.89 Å². The van der Waals surface area contributed by atoms with Crippen LogP contribution in [0, 0.1) is 0 Å². The van der Waals surface area contributed by atoms with E-state index in [1.807, 2.05) is 13.8 Å². The molecule has 0 N–H and O–H groups in total. The summed E-state index contributed by atoms with van der Waals surface area (Å²) in [4.78, 5) is 0. The molecule has 0 saturated carbocycles. The molecular formula is C8H15N3OS. The minimum Gasteiger partial charge on any atom is -0.250 e. The predicted molar refractivity (Wildman–Crippen MR) is 54.6 cm³/mol. The average Bonchev–Trinajstić information content (AvgIpc) is 2.51. The van der Waals surface area contributed by atoms with Gasteiger partial charge in [-0.3, -0.25) is 0 Å². The fraction of sp³-hybridized carbons (Fsp3) is 0.625. The van der Waals surface area contributed by atoms with E-state index < -0.39 is 9.73 Å². The molecule has 0 fully saturated rings. The van der Waals surface area contributed by atoms with Crippen molar-refractivity contribution in [2.45, 2.75) is 20.4 Å². The van der Waals surface area contributed by atoms with Crippen LogP contribution in [-0.4, -0.2) is 26.0 Å². The standard InChI is InChI=1S/C8H15N3OS/c1-4-11-8(6-7-9-11)10-13(3,12)5-2/h6-7H,4-5H2,1-3H3/t13-/m1/s1. The smallest absolute Gasteiger partial charge is 0.160 e. The van der Waals surface area contributed by atoms with Crippen molar-refractivity contribution in [2.75, 3.05) is 12.0 Å². The van der Waals surface area contributed by atoms with Crippen LogP contribution in [0.1, 0.15) is 13.8 Å². The summed E-state index contributed by atoms with van der Waals surface area (Å²) in [6.07, 6.45) is 3.34. The number of hydrogen-bond donors (Lipinski definition) is 0. The fourth-order valence-electron chi connectivity index (χ4n) is 0.909. The molecule has 4 nitrogen and oxygen atoms in total. The van der Waals surface area contributed by atoms with Crippen molar-refractivity contribution in [3.63, 3.8) is 0 Å². The minimum absolute atomic E-state index is 0.571. The molecule has 0 spiro atoms. The van der Waals surface area contributed by atoms with Gasteiger partial charge in [-0.05, 0) is 6.92 Å². The average molecular weight is 201 g/mol. The van der Waals surface area contributed by atoms with E-state index in [9.17, 15) is 4.21 Å². The molecule has 1 heterocycles. The van der Waals surface area contributed by atoms with Crippen LogP contribution in [0.5, 0.6) is 0 Å². The van der Waals surface area contributed by atoms with Crippen LogP contribution in [-0.2, 0) is 16.3 Å². The van der Waals surface area contributed by atoms with Crippen LogP contribution in [0.2, 0.25) is 0 Å². The summed E-state index contributed by atoms with van der Waals surface area (Å²) in [6, 6.07) is 1.78. The van der Waals surface area contributed by atoms with Gasteiger partial charge in [0.05, 0.1) is 15.9 Å². The third-order valence-electron chi connectivity index (χ3n) is 1.82. The van der Waals surface area contributed by atoms with Crippen molar-refractivity contribution in [2.24, 2.45) is 4.36 Å². The maximum absolute atomic E-state index is 11.7. The van der Waals surface area contributed by atoms with Crippen molar-refractivity contribution in [3.05, 3.63) is 12.3 Å². The van der Waals surface area contributed by atoms with E-state index in [1.165, 1.54) is 0 Å². The zero-order valence-corrected chi connectivity index (χ0v) is 9.04. The lowest BCUT2D eigenvalue weighted by atomic mass is 10.6. The molecule has 0 unspecified atom stereocenters. The molecule has 0 radical (unpaired) electrons. The number of aryl methyl sites for hydroxylation is 1. The lowest BCUT2D eigenvalue weighted by Gasteiger charge is -2.01. The first-order valence-electron chi connectivity index (χ1n) is 4.30. The Morgan fingerprint density at radius 1 is 1.62 bits per heavy atom. The Labute approximate surface area is 79.1 Å². The largest absolute Gasteiger partial charge is 0.250 e. The third-order valence-corrected chi connectivity index (χ3v) is 3.46. The predicted octanol–water partition coefficient (Wildman–Crippen LogP) is 1.65. The lowest BCUT2D eigenvalue weighted by Crippen LogP contribution is -2.01. The normalized spacial score (nSPS) is 15.3. The van der Waals surface area contributed by atoms with E-state index in [4.69, 9.17) is 0 Å². The van der Waals surface area contributed by atoms with Crippen LogP contribution in [0.3, 0.4) is 0 Å². The lowest BCUT2D eigenvalue weighted by molar-refractivity contribution is 0.660. The van der Waals surface area contributed by atoms with Crippen molar-refractivity contribution in [1.29, 1.82) is 0 Å². The molecule has 13 heavy (non-hydrogen) atoms. The minimum atomic E-state index is -2.06. The highest BCUT2D eigenvalue weighted by Crippen LogP contribution is 2.13. The van der Waals surface area contributed by atoms with Crippen LogP contribution in [0.15, 0.2) is 16.6 Å². The number of hydrogen-bond acceptors (Lipinski definition) is 3. The number of rotatable bonds is 3. The molecule has 0 amide bonds. The van der Waals surface area contributed by atoms with Gasteiger partial charge in [-0.1, -0.05) is 6.92 Å². The fourth-order valence-corrected chi connectivity index (χ4v) is 1.59. The van der Waals surface area contributed by atoms with Crippen LogP contribution in [0.4, 0.5) is 5.82 Å². The zero-order chi connectivity index (χ0) is 9.90. The number of nitrogens with zero attached hydrogens (tertiary/aromatic N) is 3. The summed E-state index contributed by atoms with van der Waals surface area (Å²) in [5.74, 6) is 1.28. The van der Waals surface area contributed by atoms with Crippen LogP contribution < -0.4 is 0 Å². The molecular weight excluding hydrogens is 186 g/mol. The molecule has 74 valence electrons. The van der Waals surface area contributed by atoms with Gasteiger partial charge in [0.25, 0.3) is 0 Å². The molecule has 0 bridgehead atoms. The Bertz CT molecular complexity index is 388. The quantitative estimate of drug-likeness (QED) is 0.746. The van der Waals surface area contributed by atoms with Crippen molar-refractivity contribution in [1.82, 2.24) is 9.78 Å². The Hall–Kier alpha value is -0.840. The SMILES string of the molecule is CCn1nccc1N=[S@](C)(=O)CC. The second kappa shape index (κ2) is 3.91. The van der Waals surface area contributed by atoms with Crippen molar-refractivity contribution in [3.8, 4) is 0 Å². The second-order valence-corrected chi connectivity index (χ2v) is 5.52. The summed E-state index contributed by atoms with van der Waals surface area (Å²) in [7, 11) is -2.06. The molecule has 0 aromatic carbocycles. The first-order valence-corrected chi connectivity index (χ1v) is 6.40.